The number of nitrogens with one attached hydrogen (secondary N) is 2. The third kappa shape index (κ3) is 2.30. The van der Waals surface area contributed by atoms with E-state index < -0.39 is 0 Å². The molecule has 1 fully saturated rings. The van der Waals surface area contributed by atoms with Gasteiger partial charge in [-0.3, -0.25) is 9.89 Å². The molecule has 0 radical (unpaired) electrons. The van der Waals surface area contributed by atoms with E-state index in [0.717, 1.165) is 12.8 Å². The van der Waals surface area contributed by atoms with Crippen LogP contribution in [0.5, 0.6) is 0 Å². The highest BCUT2D eigenvalue weighted by Gasteiger charge is 2.29. The summed E-state index contributed by atoms with van der Waals surface area (Å²) in [5.41, 5.74) is 7.30. The number of carbonyl (C=O) groups is 1. The van der Waals surface area contributed by atoms with Crippen molar-refractivity contribution in [1.29, 1.82) is 0 Å². The zero-order valence-corrected chi connectivity index (χ0v) is 10.8. The zero-order valence-electron chi connectivity index (χ0n) is 10.8. The number of hydrogen-bond donors (Lipinski definition) is 3. The van der Waals surface area contributed by atoms with Crippen LogP contribution in [-0.4, -0.2) is 28.2 Å². The average Bonchev–Trinajstić information content (AvgIpc) is 2.92. The summed E-state index contributed by atoms with van der Waals surface area (Å²) in [6.07, 6.45) is 3.26. The van der Waals surface area contributed by atoms with Gasteiger partial charge in [-0.1, -0.05) is 12.1 Å². The van der Waals surface area contributed by atoms with Gasteiger partial charge in [0.2, 0.25) is 0 Å². The van der Waals surface area contributed by atoms with Crippen LogP contribution < -0.4 is 11.1 Å². The van der Waals surface area contributed by atoms with E-state index in [-0.39, 0.29) is 23.8 Å². The third-order valence-electron chi connectivity index (χ3n) is 3.64. The molecule has 5 nitrogen and oxygen atoms in total. The number of halogens is 1. The molecular weight excluding hydrogens is 259 g/mol. The molecular formula is C14H15FN4O. The molecule has 1 aliphatic rings. The molecule has 4 N–H and O–H groups in total. The highest BCUT2D eigenvalue weighted by atomic mass is 19.1. The van der Waals surface area contributed by atoms with Crippen molar-refractivity contribution in [1.82, 2.24) is 15.5 Å². The van der Waals surface area contributed by atoms with Gasteiger partial charge in [0.25, 0.3) is 5.91 Å². The Kier molecular flexibility index (Phi) is 3.23. The molecule has 0 saturated heterocycles. The molecule has 2 aromatic rings. The molecule has 1 aliphatic carbocycles. The fourth-order valence-electron chi connectivity index (χ4n) is 2.27. The van der Waals surface area contributed by atoms with Crippen LogP contribution in [0.4, 0.5) is 4.39 Å². The van der Waals surface area contributed by atoms with Crippen molar-refractivity contribution in [3.63, 3.8) is 0 Å². The number of rotatable bonds is 3. The Balaban J connectivity index is 1.84. The summed E-state index contributed by atoms with van der Waals surface area (Å²) in [4.78, 5) is 12.2. The first-order chi connectivity index (χ1) is 9.65. The summed E-state index contributed by atoms with van der Waals surface area (Å²) in [6, 6.07) is 6.06. The standard InChI is InChI=1S/C14H15FN4O/c15-9-3-1-2-8(6-9)13-10(7-17-19-13)14(20)18-12-5-4-11(12)16/h1-3,6-7,11-12H,4-5,16H2,(H,17,19)(H,18,20)/t11-,12+/m1/s1. The van der Waals surface area contributed by atoms with Crippen molar-refractivity contribution in [3.05, 3.63) is 41.8 Å². The lowest BCUT2D eigenvalue weighted by Crippen LogP contribution is -2.54. The quantitative estimate of drug-likeness (QED) is 0.791. The lowest BCUT2D eigenvalue weighted by atomic mass is 9.87. The maximum absolute atomic E-state index is 13.3. The second kappa shape index (κ2) is 5.05. The normalized spacial score (nSPS) is 21.3. The summed E-state index contributed by atoms with van der Waals surface area (Å²) in [7, 11) is 0. The molecule has 0 spiro atoms. The average molecular weight is 274 g/mol. The summed E-state index contributed by atoms with van der Waals surface area (Å²) < 4.78 is 13.3. The van der Waals surface area contributed by atoms with E-state index >= 15 is 0 Å². The van der Waals surface area contributed by atoms with Crippen LogP contribution in [0.2, 0.25) is 0 Å². The van der Waals surface area contributed by atoms with Crippen LogP contribution in [0.3, 0.4) is 0 Å². The lowest BCUT2D eigenvalue weighted by molar-refractivity contribution is 0.0906. The van der Waals surface area contributed by atoms with E-state index in [0.29, 0.717) is 16.8 Å². The largest absolute Gasteiger partial charge is 0.348 e. The zero-order chi connectivity index (χ0) is 14.1. The van der Waals surface area contributed by atoms with Crippen LogP contribution >= 0.6 is 0 Å². The van der Waals surface area contributed by atoms with Gasteiger partial charge in [0.1, 0.15) is 5.82 Å². The second-order valence-electron chi connectivity index (χ2n) is 4.99. The molecule has 1 aromatic heterocycles. The number of amides is 1. The fraction of sp³-hybridized carbons (Fsp3) is 0.286. The van der Waals surface area contributed by atoms with Crippen molar-refractivity contribution in [2.75, 3.05) is 0 Å². The van der Waals surface area contributed by atoms with Crippen molar-refractivity contribution in [3.8, 4) is 11.3 Å². The van der Waals surface area contributed by atoms with Crippen LogP contribution in [0.1, 0.15) is 23.2 Å². The van der Waals surface area contributed by atoms with E-state index in [9.17, 15) is 9.18 Å². The summed E-state index contributed by atoms with van der Waals surface area (Å²) in [5.74, 6) is -0.595. The van der Waals surface area contributed by atoms with Gasteiger partial charge in [-0.25, -0.2) is 4.39 Å². The maximum Gasteiger partial charge on any atom is 0.255 e. The topological polar surface area (TPSA) is 83.8 Å². The van der Waals surface area contributed by atoms with E-state index in [1.165, 1.54) is 18.3 Å². The fourth-order valence-corrected chi connectivity index (χ4v) is 2.27. The molecule has 0 aliphatic heterocycles. The highest BCUT2D eigenvalue weighted by Crippen LogP contribution is 2.23. The second-order valence-corrected chi connectivity index (χ2v) is 4.99. The Morgan fingerprint density at radius 3 is 2.95 bits per heavy atom. The molecule has 2 atom stereocenters. The number of nitrogens with two attached hydrogens (primary N) is 1. The monoisotopic (exact) mass is 274 g/mol. The number of hydrogen-bond acceptors (Lipinski definition) is 3. The smallest absolute Gasteiger partial charge is 0.255 e. The molecule has 1 saturated carbocycles. The number of carbonyl (C=O) groups excluding carboxylic acids is 1. The molecule has 3 rings (SSSR count). The van der Waals surface area contributed by atoms with Gasteiger partial charge in [-0.15, -0.1) is 0 Å². The number of aromatic amines is 1. The molecule has 6 heteroatoms. The highest BCUT2D eigenvalue weighted by molar-refractivity contribution is 5.99. The summed E-state index contributed by atoms with van der Waals surface area (Å²) in [5, 5.41) is 9.50. The Labute approximate surface area is 115 Å². The number of benzene rings is 1. The first-order valence-corrected chi connectivity index (χ1v) is 6.51. The summed E-state index contributed by atoms with van der Waals surface area (Å²) >= 11 is 0. The Morgan fingerprint density at radius 1 is 1.45 bits per heavy atom. The molecule has 0 bridgehead atoms. The van der Waals surface area contributed by atoms with E-state index in [1.807, 2.05) is 0 Å². The van der Waals surface area contributed by atoms with Crippen molar-refractivity contribution in [2.45, 2.75) is 24.9 Å². The van der Waals surface area contributed by atoms with E-state index in [1.54, 1.807) is 12.1 Å². The lowest BCUT2D eigenvalue weighted by Gasteiger charge is -2.34. The van der Waals surface area contributed by atoms with Crippen LogP contribution in [0, 0.1) is 5.82 Å². The molecule has 20 heavy (non-hydrogen) atoms. The Morgan fingerprint density at radius 2 is 2.30 bits per heavy atom. The SMILES string of the molecule is N[C@@H]1CC[C@@H]1NC(=O)c1cn[nH]c1-c1cccc(F)c1. The van der Waals surface area contributed by atoms with Crippen molar-refractivity contribution < 1.29 is 9.18 Å². The molecule has 1 heterocycles. The van der Waals surface area contributed by atoms with Crippen molar-refractivity contribution in [2.24, 2.45) is 5.73 Å². The molecule has 1 amide bonds. The van der Waals surface area contributed by atoms with Gasteiger partial charge in [-0.05, 0) is 25.0 Å². The third-order valence-corrected chi connectivity index (χ3v) is 3.64. The molecule has 1 aromatic carbocycles. The first-order valence-electron chi connectivity index (χ1n) is 6.51. The van der Waals surface area contributed by atoms with Gasteiger partial charge < -0.3 is 11.1 Å². The Bertz CT molecular complexity index is 640. The molecule has 104 valence electrons. The number of nitrogens with zero attached hydrogens (tertiary/aromatic N) is 1. The number of H-pyrrole nitrogens is 1. The maximum atomic E-state index is 13.3. The van der Waals surface area contributed by atoms with E-state index in [4.69, 9.17) is 5.73 Å². The Hall–Kier alpha value is -2.21. The molecule has 0 unspecified atom stereocenters. The predicted molar refractivity (Wildman–Crippen MR) is 72.4 cm³/mol. The minimum Gasteiger partial charge on any atom is -0.348 e. The predicted octanol–water partition coefficient (Wildman–Crippen LogP) is 1.44. The van der Waals surface area contributed by atoms with Gasteiger partial charge in [-0.2, -0.15) is 5.10 Å². The van der Waals surface area contributed by atoms with Gasteiger partial charge in [0.05, 0.1) is 17.5 Å². The van der Waals surface area contributed by atoms with Crippen LogP contribution in [0.25, 0.3) is 11.3 Å². The van der Waals surface area contributed by atoms with Crippen LogP contribution in [0.15, 0.2) is 30.5 Å². The van der Waals surface area contributed by atoms with Gasteiger partial charge in [0.15, 0.2) is 0 Å². The van der Waals surface area contributed by atoms with Crippen molar-refractivity contribution >= 4 is 5.91 Å². The first kappa shape index (κ1) is 12.8. The van der Waals surface area contributed by atoms with Gasteiger partial charge >= 0.3 is 0 Å². The number of aromatic nitrogens is 2. The van der Waals surface area contributed by atoms with E-state index in [2.05, 4.69) is 15.5 Å². The minimum atomic E-state index is -0.357. The minimum absolute atomic E-state index is 0.0118. The summed E-state index contributed by atoms with van der Waals surface area (Å²) in [6.45, 7) is 0. The van der Waals surface area contributed by atoms with Gasteiger partial charge in [0, 0.05) is 17.6 Å². The van der Waals surface area contributed by atoms with Crippen LogP contribution in [-0.2, 0) is 0 Å².